The van der Waals surface area contributed by atoms with Crippen molar-refractivity contribution in [2.45, 2.75) is 32.6 Å². The van der Waals surface area contributed by atoms with E-state index < -0.39 is 0 Å². The Labute approximate surface area is 103 Å². The molecular formula is C14H20O3. The molecule has 1 rings (SSSR count). The van der Waals surface area contributed by atoms with Gasteiger partial charge in [-0.05, 0) is 30.5 Å². The van der Waals surface area contributed by atoms with Crippen molar-refractivity contribution in [1.82, 2.24) is 0 Å². The summed E-state index contributed by atoms with van der Waals surface area (Å²) in [7, 11) is 1.42. The summed E-state index contributed by atoms with van der Waals surface area (Å²) in [6.45, 7) is 4.76. The summed E-state index contributed by atoms with van der Waals surface area (Å²) < 4.78 is 10.3. The molecule has 1 aromatic rings. The SMILES string of the molecule is CCCOc1ccc(C(CC)C(=O)OC)cc1. The van der Waals surface area contributed by atoms with Gasteiger partial charge in [0.05, 0.1) is 19.6 Å². The zero-order valence-corrected chi connectivity index (χ0v) is 10.7. The van der Waals surface area contributed by atoms with Crippen molar-refractivity contribution >= 4 is 5.97 Å². The topological polar surface area (TPSA) is 35.5 Å². The second-order valence-electron chi connectivity index (χ2n) is 3.90. The lowest BCUT2D eigenvalue weighted by Crippen LogP contribution is -2.13. The van der Waals surface area contributed by atoms with Crippen LogP contribution in [0.1, 0.15) is 38.2 Å². The molecule has 0 saturated heterocycles. The fraction of sp³-hybridized carbons (Fsp3) is 0.500. The van der Waals surface area contributed by atoms with E-state index in [9.17, 15) is 4.79 Å². The molecule has 0 aromatic heterocycles. The number of esters is 1. The summed E-state index contributed by atoms with van der Waals surface area (Å²) in [6.07, 6.45) is 1.73. The highest BCUT2D eigenvalue weighted by Gasteiger charge is 2.18. The minimum atomic E-state index is -0.185. The summed E-state index contributed by atoms with van der Waals surface area (Å²) in [4.78, 5) is 11.5. The maximum absolute atomic E-state index is 11.5. The van der Waals surface area contributed by atoms with Crippen LogP contribution in [0.2, 0.25) is 0 Å². The molecular weight excluding hydrogens is 216 g/mol. The summed E-state index contributed by atoms with van der Waals surface area (Å²) in [5.74, 6) is 0.477. The van der Waals surface area contributed by atoms with E-state index in [-0.39, 0.29) is 11.9 Å². The van der Waals surface area contributed by atoms with E-state index in [1.165, 1.54) is 7.11 Å². The van der Waals surface area contributed by atoms with E-state index in [0.29, 0.717) is 6.61 Å². The lowest BCUT2D eigenvalue weighted by molar-refractivity contribution is -0.142. The monoisotopic (exact) mass is 236 g/mol. The van der Waals surface area contributed by atoms with Crippen LogP contribution < -0.4 is 4.74 Å². The molecule has 0 spiro atoms. The van der Waals surface area contributed by atoms with Crippen molar-refractivity contribution in [2.75, 3.05) is 13.7 Å². The van der Waals surface area contributed by atoms with Crippen LogP contribution in [0.5, 0.6) is 5.75 Å². The molecule has 3 heteroatoms. The molecule has 0 fully saturated rings. The van der Waals surface area contributed by atoms with Gasteiger partial charge in [-0.25, -0.2) is 0 Å². The Kier molecular flexibility index (Phi) is 5.53. The lowest BCUT2D eigenvalue weighted by atomic mass is 9.97. The van der Waals surface area contributed by atoms with Gasteiger partial charge >= 0.3 is 5.97 Å². The number of carbonyl (C=O) groups excluding carboxylic acids is 1. The molecule has 0 aliphatic carbocycles. The Morgan fingerprint density at radius 1 is 1.24 bits per heavy atom. The molecule has 0 bridgehead atoms. The van der Waals surface area contributed by atoms with Gasteiger partial charge in [0.25, 0.3) is 0 Å². The molecule has 1 unspecified atom stereocenters. The predicted molar refractivity (Wildman–Crippen MR) is 67.3 cm³/mol. The van der Waals surface area contributed by atoms with E-state index in [2.05, 4.69) is 6.92 Å². The van der Waals surface area contributed by atoms with Crippen molar-refractivity contribution < 1.29 is 14.3 Å². The summed E-state index contributed by atoms with van der Waals surface area (Å²) >= 11 is 0. The van der Waals surface area contributed by atoms with Crippen LogP contribution in [0, 0.1) is 0 Å². The van der Waals surface area contributed by atoms with Gasteiger partial charge in [-0.1, -0.05) is 26.0 Å². The molecule has 0 heterocycles. The minimum absolute atomic E-state index is 0.180. The van der Waals surface area contributed by atoms with Gasteiger partial charge in [-0.15, -0.1) is 0 Å². The van der Waals surface area contributed by atoms with Gasteiger partial charge in [0, 0.05) is 0 Å². The van der Waals surface area contributed by atoms with Crippen molar-refractivity contribution in [3.63, 3.8) is 0 Å². The zero-order valence-electron chi connectivity index (χ0n) is 10.7. The molecule has 17 heavy (non-hydrogen) atoms. The maximum atomic E-state index is 11.5. The summed E-state index contributed by atoms with van der Waals surface area (Å²) in [5, 5.41) is 0. The van der Waals surface area contributed by atoms with Gasteiger partial charge in [-0.2, -0.15) is 0 Å². The van der Waals surface area contributed by atoms with Gasteiger partial charge in [0.15, 0.2) is 0 Å². The number of rotatable bonds is 6. The largest absolute Gasteiger partial charge is 0.494 e. The van der Waals surface area contributed by atoms with Crippen molar-refractivity contribution in [1.29, 1.82) is 0 Å². The molecule has 0 aliphatic rings. The maximum Gasteiger partial charge on any atom is 0.313 e. The first-order valence-corrected chi connectivity index (χ1v) is 6.03. The molecule has 3 nitrogen and oxygen atoms in total. The summed E-state index contributed by atoms with van der Waals surface area (Å²) in [5.41, 5.74) is 0.975. The fourth-order valence-corrected chi connectivity index (χ4v) is 1.70. The van der Waals surface area contributed by atoms with Crippen LogP contribution in [0.15, 0.2) is 24.3 Å². The van der Waals surface area contributed by atoms with Gasteiger partial charge in [0.1, 0.15) is 5.75 Å². The molecule has 94 valence electrons. The highest BCUT2D eigenvalue weighted by atomic mass is 16.5. The van der Waals surface area contributed by atoms with Crippen LogP contribution in [0.4, 0.5) is 0 Å². The first-order valence-electron chi connectivity index (χ1n) is 6.03. The number of ether oxygens (including phenoxy) is 2. The second kappa shape index (κ2) is 6.94. The van der Waals surface area contributed by atoms with Crippen LogP contribution >= 0.6 is 0 Å². The predicted octanol–water partition coefficient (Wildman–Crippen LogP) is 3.14. The molecule has 0 saturated carbocycles. The molecule has 1 atom stereocenters. The lowest BCUT2D eigenvalue weighted by Gasteiger charge is -2.13. The number of hydrogen-bond donors (Lipinski definition) is 0. The van der Waals surface area contributed by atoms with Crippen molar-refractivity contribution in [3.05, 3.63) is 29.8 Å². The second-order valence-corrected chi connectivity index (χ2v) is 3.90. The first kappa shape index (κ1) is 13.6. The number of carbonyl (C=O) groups is 1. The van der Waals surface area contributed by atoms with Crippen molar-refractivity contribution in [3.8, 4) is 5.75 Å². The Hall–Kier alpha value is -1.51. The third kappa shape index (κ3) is 3.77. The Morgan fingerprint density at radius 2 is 1.88 bits per heavy atom. The molecule has 0 aliphatic heterocycles. The van der Waals surface area contributed by atoms with Crippen LogP contribution in [0.25, 0.3) is 0 Å². The van der Waals surface area contributed by atoms with Crippen LogP contribution in [-0.4, -0.2) is 19.7 Å². The number of benzene rings is 1. The quantitative estimate of drug-likeness (QED) is 0.712. The van der Waals surface area contributed by atoms with Gasteiger partial charge < -0.3 is 9.47 Å². The molecule has 0 amide bonds. The average Bonchev–Trinajstić information content (AvgIpc) is 2.38. The van der Waals surface area contributed by atoms with E-state index in [1.54, 1.807) is 0 Å². The third-order valence-electron chi connectivity index (χ3n) is 2.65. The Morgan fingerprint density at radius 3 is 2.35 bits per heavy atom. The zero-order chi connectivity index (χ0) is 12.7. The first-order chi connectivity index (χ1) is 8.22. The summed E-state index contributed by atoms with van der Waals surface area (Å²) in [6, 6.07) is 7.65. The van der Waals surface area contributed by atoms with Crippen LogP contribution in [-0.2, 0) is 9.53 Å². The Bertz CT molecular complexity index is 343. The standard InChI is InChI=1S/C14H20O3/c1-4-10-17-12-8-6-11(7-9-12)13(5-2)14(15)16-3/h6-9,13H,4-5,10H2,1-3H3. The molecule has 0 radical (unpaired) electrons. The third-order valence-corrected chi connectivity index (χ3v) is 2.65. The molecule has 0 N–H and O–H groups in total. The molecule has 1 aromatic carbocycles. The Balaban J connectivity index is 2.74. The van der Waals surface area contributed by atoms with E-state index in [0.717, 1.165) is 24.2 Å². The van der Waals surface area contributed by atoms with E-state index in [1.807, 2.05) is 31.2 Å². The average molecular weight is 236 g/mol. The van der Waals surface area contributed by atoms with Crippen molar-refractivity contribution in [2.24, 2.45) is 0 Å². The smallest absolute Gasteiger partial charge is 0.313 e. The highest BCUT2D eigenvalue weighted by Crippen LogP contribution is 2.23. The minimum Gasteiger partial charge on any atom is -0.494 e. The highest BCUT2D eigenvalue weighted by molar-refractivity contribution is 5.77. The van der Waals surface area contributed by atoms with Crippen LogP contribution in [0.3, 0.4) is 0 Å². The van der Waals surface area contributed by atoms with E-state index in [4.69, 9.17) is 9.47 Å². The van der Waals surface area contributed by atoms with Gasteiger partial charge in [-0.3, -0.25) is 4.79 Å². The fourth-order valence-electron chi connectivity index (χ4n) is 1.70. The number of hydrogen-bond acceptors (Lipinski definition) is 3. The number of methoxy groups -OCH3 is 1. The normalized spacial score (nSPS) is 11.9. The van der Waals surface area contributed by atoms with Gasteiger partial charge in [0.2, 0.25) is 0 Å². The van der Waals surface area contributed by atoms with E-state index >= 15 is 0 Å².